The van der Waals surface area contributed by atoms with Crippen LogP contribution >= 0.6 is 0 Å². The fraction of sp³-hybridized carbons (Fsp3) is 0.412. The summed E-state index contributed by atoms with van der Waals surface area (Å²) in [6, 6.07) is 1.73. The number of rotatable bonds is 6. The average molecular weight is 346 g/mol. The summed E-state index contributed by atoms with van der Waals surface area (Å²) in [7, 11) is 1.46. The largest absolute Gasteiger partial charge is 0.480 e. The average Bonchev–Trinajstić information content (AvgIpc) is 3.01. The zero-order valence-electron chi connectivity index (χ0n) is 14.8. The number of pyridine rings is 1. The van der Waals surface area contributed by atoms with Gasteiger partial charge in [-0.25, -0.2) is 9.78 Å². The van der Waals surface area contributed by atoms with E-state index < -0.39 is 11.7 Å². The zero-order chi connectivity index (χ0) is 18.4. The number of methoxy groups -OCH3 is 1. The molecule has 8 heteroatoms. The van der Waals surface area contributed by atoms with Gasteiger partial charge in [0.1, 0.15) is 5.60 Å². The lowest BCUT2D eigenvalue weighted by atomic mass is 10.1. The van der Waals surface area contributed by atoms with Gasteiger partial charge in [-0.3, -0.25) is 9.48 Å². The second kappa shape index (κ2) is 7.78. The van der Waals surface area contributed by atoms with Crippen molar-refractivity contribution in [1.29, 1.82) is 0 Å². The van der Waals surface area contributed by atoms with Crippen molar-refractivity contribution in [2.45, 2.75) is 32.9 Å². The third-order valence-corrected chi connectivity index (χ3v) is 3.22. The van der Waals surface area contributed by atoms with Crippen LogP contribution in [0.5, 0.6) is 5.88 Å². The summed E-state index contributed by atoms with van der Waals surface area (Å²) in [6.07, 6.45) is 5.25. The standard InChI is InChI=1S/C17H22N4O4/c1-17(2,3)25-16(23)19-7-8-21-10-12(9-20-21)13-5-6-18-15(24-4)14(13)11-22/h5-6,9-11H,7-8H2,1-4H3,(H,19,23). The fourth-order valence-electron chi connectivity index (χ4n) is 2.19. The molecule has 8 nitrogen and oxygen atoms in total. The maximum absolute atomic E-state index is 11.6. The molecule has 2 aromatic heterocycles. The monoisotopic (exact) mass is 346 g/mol. The van der Waals surface area contributed by atoms with Gasteiger partial charge in [-0.2, -0.15) is 5.10 Å². The van der Waals surface area contributed by atoms with Gasteiger partial charge in [-0.15, -0.1) is 0 Å². The molecule has 0 unspecified atom stereocenters. The number of carbonyl (C=O) groups excluding carboxylic acids is 2. The first-order valence-corrected chi connectivity index (χ1v) is 7.82. The van der Waals surface area contributed by atoms with Gasteiger partial charge < -0.3 is 14.8 Å². The van der Waals surface area contributed by atoms with Crippen LogP contribution < -0.4 is 10.1 Å². The second-order valence-corrected chi connectivity index (χ2v) is 6.32. The molecule has 0 aliphatic carbocycles. The highest BCUT2D eigenvalue weighted by atomic mass is 16.6. The SMILES string of the molecule is COc1nccc(-c2cnn(CCNC(=O)OC(C)(C)C)c2)c1C=O. The number of nitrogens with one attached hydrogen (secondary N) is 1. The molecule has 0 aromatic carbocycles. The van der Waals surface area contributed by atoms with Crippen LogP contribution in [0.1, 0.15) is 31.1 Å². The molecule has 1 N–H and O–H groups in total. The smallest absolute Gasteiger partial charge is 0.407 e. The lowest BCUT2D eigenvalue weighted by molar-refractivity contribution is 0.0525. The molecule has 2 aromatic rings. The zero-order valence-corrected chi connectivity index (χ0v) is 14.8. The lowest BCUT2D eigenvalue weighted by Crippen LogP contribution is -2.34. The predicted molar refractivity (Wildman–Crippen MR) is 91.6 cm³/mol. The van der Waals surface area contributed by atoms with E-state index in [1.54, 1.807) is 50.1 Å². The molecular weight excluding hydrogens is 324 g/mol. The van der Waals surface area contributed by atoms with Gasteiger partial charge in [-0.05, 0) is 26.8 Å². The van der Waals surface area contributed by atoms with Crippen molar-refractivity contribution in [1.82, 2.24) is 20.1 Å². The summed E-state index contributed by atoms with van der Waals surface area (Å²) in [6.45, 7) is 6.26. The molecule has 1 amide bonds. The van der Waals surface area contributed by atoms with E-state index in [4.69, 9.17) is 9.47 Å². The molecule has 0 saturated carbocycles. The van der Waals surface area contributed by atoms with Gasteiger partial charge in [0.25, 0.3) is 0 Å². The number of aldehydes is 1. The van der Waals surface area contributed by atoms with Gasteiger partial charge in [0.15, 0.2) is 6.29 Å². The molecule has 0 spiro atoms. The number of aromatic nitrogens is 3. The Labute approximate surface area is 146 Å². The Morgan fingerprint density at radius 3 is 2.80 bits per heavy atom. The number of nitrogens with zero attached hydrogens (tertiary/aromatic N) is 3. The lowest BCUT2D eigenvalue weighted by Gasteiger charge is -2.19. The molecule has 0 radical (unpaired) electrons. The van der Waals surface area contributed by atoms with Crippen LogP contribution in [0.2, 0.25) is 0 Å². The highest BCUT2D eigenvalue weighted by Crippen LogP contribution is 2.27. The van der Waals surface area contributed by atoms with Gasteiger partial charge >= 0.3 is 6.09 Å². The first kappa shape index (κ1) is 18.4. The molecule has 0 aliphatic rings. The number of hydrogen-bond donors (Lipinski definition) is 1. The van der Waals surface area contributed by atoms with Crippen LogP contribution in [0, 0.1) is 0 Å². The van der Waals surface area contributed by atoms with Gasteiger partial charge in [0.05, 0.1) is 25.4 Å². The van der Waals surface area contributed by atoms with E-state index in [-0.39, 0.29) is 5.88 Å². The second-order valence-electron chi connectivity index (χ2n) is 6.32. The van der Waals surface area contributed by atoms with Crippen LogP contribution in [0.25, 0.3) is 11.1 Å². The number of hydrogen-bond acceptors (Lipinski definition) is 6. The minimum absolute atomic E-state index is 0.270. The van der Waals surface area contributed by atoms with Crippen LogP contribution in [-0.4, -0.2) is 46.4 Å². The first-order valence-electron chi connectivity index (χ1n) is 7.82. The molecule has 0 atom stereocenters. The predicted octanol–water partition coefficient (Wildman–Crippen LogP) is 2.29. The quantitative estimate of drug-likeness (QED) is 0.806. The fourth-order valence-corrected chi connectivity index (χ4v) is 2.19. The van der Waals surface area contributed by atoms with E-state index in [2.05, 4.69) is 15.4 Å². The van der Waals surface area contributed by atoms with Crippen molar-refractivity contribution in [3.63, 3.8) is 0 Å². The van der Waals surface area contributed by atoms with Crippen LogP contribution in [0.4, 0.5) is 4.79 Å². The summed E-state index contributed by atoms with van der Waals surface area (Å²) < 4.78 is 11.9. The molecule has 0 aliphatic heterocycles. The van der Waals surface area contributed by atoms with Gasteiger partial charge in [0.2, 0.25) is 5.88 Å². The molecule has 0 fully saturated rings. The Morgan fingerprint density at radius 1 is 1.40 bits per heavy atom. The Bertz CT molecular complexity index is 749. The highest BCUT2D eigenvalue weighted by molar-refractivity contribution is 5.89. The molecular formula is C17H22N4O4. The number of amides is 1. The normalized spacial score (nSPS) is 11.0. The van der Waals surface area contributed by atoms with E-state index in [0.29, 0.717) is 30.5 Å². The summed E-state index contributed by atoms with van der Waals surface area (Å²) in [4.78, 5) is 27.0. The van der Waals surface area contributed by atoms with Crippen molar-refractivity contribution >= 4 is 12.4 Å². The molecule has 0 bridgehead atoms. The third-order valence-electron chi connectivity index (χ3n) is 3.22. The van der Waals surface area contributed by atoms with Crippen LogP contribution in [0.3, 0.4) is 0 Å². The van der Waals surface area contributed by atoms with Crippen molar-refractivity contribution in [3.05, 3.63) is 30.2 Å². The van der Waals surface area contributed by atoms with E-state index in [9.17, 15) is 9.59 Å². The molecule has 25 heavy (non-hydrogen) atoms. The highest BCUT2D eigenvalue weighted by Gasteiger charge is 2.16. The summed E-state index contributed by atoms with van der Waals surface area (Å²) in [5.74, 6) is 0.270. The van der Waals surface area contributed by atoms with E-state index in [1.807, 2.05) is 0 Å². The topological polar surface area (TPSA) is 95.3 Å². The Balaban J connectivity index is 2.02. The first-order chi connectivity index (χ1) is 11.8. The number of alkyl carbamates (subject to hydrolysis) is 1. The minimum atomic E-state index is -0.533. The Morgan fingerprint density at radius 2 is 2.16 bits per heavy atom. The molecule has 2 rings (SSSR count). The number of ether oxygens (including phenoxy) is 2. The molecule has 0 saturated heterocycles. The van der Waals surface area contributed by atoms with Crippen molar-refractivity contribution in [2.75, 3.05) is 13.7 Å². The third kappa shape index (κ3) is 5.03. The summed E-state index contributed by atoms with van der Waals surface area (Å²) in [5.41, 5.74) is 1.29. The van der Waals surface area contributed by atoms with E-state index >= 15 is 0 Å². The molecule has 134 valence electrons. The Kier molecular flexibility index (Phi) is 5.74. The summed E-state index contributed by atoms with van der Waals surface area (Å²) >= 11 is 0. The maximum Gasteiger partial charge on any atom is 0.407 e. The van der Waals surface area contributed by atoms with Crippen LogP contribution in [0.15, 0.2) is 24.7 Å². The van der Waals surface area contributed by atoms with Gasteiger partial charge in [-0.1, -0.05) is 0 Å². The van der Waals surface area contributed by atoms with Crippen molar-refractivity contribution in [2.24, 2.45) is 0 Å². The van der Waals surface area contributed by atoms with E-state index in [0.717, 1.165) is 5.56 Å². The Hall–Kier alpha value is -2.90. The summed E-state index contributed by atoms with van der Waals surface area (Å²) in [5, 5.41) is 6.91. The van der Waals surface area contributed by atoms with Gasteiger partial charge in [0, 0.05) is 30.1 Å². The van der Waals surface area contributed by atoms with Crippen molar-refractivity contribution in [3.8, 4) is 17.0 Å². The van der Waals surface area contributed by atoms with Crippen molar-refractivity contribution < 1.29 is 19.1 Å². The number of carbonyl (C=O) groups is 2. The minimum Gasteiger partial charge on any atom is -0.480 e. The van der Waals surface area contributed by atoms with E-state index in [1.165, 1.54) is 7.11 Å². The molecule has 2 heterocycles. The van der Waals surface area contributed by atoms with Crippen LogP contribution in [-0.2, 0) is 11.3 Å². The maximum atomic E-state index is 11.6.